The lowest BCUT2D eigenvalue weighted by molar-refractivity contribution is 0.200. The van der Waals surface area contributed by atoms with E-state index in [4.69, 9.17) is 5.73 Å². The molecular formula is C12H25N3. The first kappa shape index (κ1) is 11.4. The molecular weight excluding hydrogens is 186 g/mol. The van der Waals surface area contributed by atoms with Crippen LogP contribution in [0.2, 0.25) is 0 Å². The third-order valence-corrected chi connectivity index (χ3v) is 4.03. The van der Waals surface area contributed by atoms with Crippen LogP contribution in [0.4, 0.5) is 0 Å². The van der Waals surface area contributed by atoms with Gasteiger partial charge in [-0.25, -0.2) is 0 Å². The van der Waals surface area contributed by atoms with Crippen molar-refractivity contribution in [3.8, 4) is 0 Å². The van der Waals surface area contributed by atoms with E-state index in [1.54, 1.807) is 0 Å². The van der Waals surface area contributed by atoms with Crippen LogP contribution in [-0.4, -0.2) is 54.6 Å². The van der Waals surface area contributed by atoms with Crippen LogP contribution in [0.25, 0.3) is 0 Å². The Morgan fingerprint density at radius 1 is 1.13 bits per heavy atom. The highest BCUT2D eigenvalue weighted by molar-refractivity contribution is 4.86. The molecule has 3 heteroatoms. The van der Waals surface area contributed by atoms with E-state index >= 15 is 0 Å². The lowest BCUT2D eigenvalue weighted by Gasteiger charge is -2.27. The molecule has 2 atom stereocenters. The summed E-state index contributed by atoms with van der Waals surface area (Å²) in [7, 11) is 0. The maximum Gasteiger partial charge on any atom is 0.0112 e. The van der Waals surface area contributed by atoms with Gasteiger partial charge < -0.3 is 10.6 Å². The molecule has 0 bridgehead atoms. The van der Waals surface area contributed by atoms with Gasteiger partial charge in [0.05, 0.1) is 0 Å². The number of hydrogen-bond acceptors (Lipinski definition) is 3. The lowest BCUT2D eigenvalue weighted by atomic mass is 10.2. The van der Waals surface area contributed by atoms with Gasteiger partial charge >= 0.3 is 0 Å². The Labute approximate surface area is 93.6 Å². The van der Waals surface area contributed by atoms with Crippen LogP contribution in [0.3, 0.4) is 0 Å². The predicted octanol–water partition coefficient (Wildman–Crippen LogP) is 0.894. The monoisotopic (exact) mass is 211 g/mol. The Kier molecular flexibility index (Phi) is 4.00. The molecule has 0 aromatic rings. The minimum atomic E-state index is 0.473. The van der Waals surface area contributed by atoms with Gasteiger partial charge in [0.2, 0.25) is 0 Å². The van der Waals surface area contributed by atoms with Crippen molar-refractivity contribution in [2.45, 2.75) is 44.7 Å². The van der Waals surface area contributed by atoms with Crippen LogP contribution < -0.4 is 5.73 Å². The molecule has 0 spiro atoms. The zero-order valence-electron chi connectivity index (χ0n) is 9.99. The van der Waals surface area contributed by atoms with Gasteiger partial charge in [0, 0.05) is 25.2 Å². The number of rotatable bonds is 2. The SMILES string of the molecule is CCN1CCCN(C2CCC(N)C2)CC1. The van der Waals surface area contributed by atoms with Crippen molar-refractivity contribution in [2.75, 3.05) is 32.7 Å². The second-order valence-corrected chi connectivity index (χ2v) is 5.05. The highest BCUT2D eigenvalue weighted by atomic mass is 15.2. The van der Waals surface area contributed by atoms with Gasteiger partial charge in [0.25, 0.3) is 0 Å². The summed E-state index contributed by atoms with van der Waals surface area (Å²) in [6, 6.07) is 1.26. The van der Waals surface area contributed by atoms with Gasteiger partial charge in [-0.15, -0.1) is 0 Å². The lowest BCUT2D eigenvalue weighted by Crippen LogP contribution is -2.37. The van der Waals surface area contributed by atoms with E-state index in [1.165, 1.54) is 58.4 Å². The molecule has 0 amide bonds. The molecule has 15 heavy (non-hydrogen) atoms. The zero-order valence-corrected chi connectivity index (χ0v) is 9.99. The van der Waals surface area contributed by atoms with Crippen molar-refractivity contribution in [3.05, 3.63) is 0 Å². The van der Waals surface area contributed by atoms with E-state index < -0.39 is 0 Å². The quantitative estimate of drug-likeness (QED) is 0.736. The summed E-state index contributed by atoms with van der Waals surface area (Å²) in [4.78, 5) is 5.25. The first-order valence-electron chi connectivity index (χ1n) is 6.51. The second-order valence-electron chi connectivity index (χ2n) is 5.05. The van der Waals surface area contributed by atoms with E-state index in [2.05, 4.69) is 16.7 Å². The summed E-state index contributed by atoms with van der Waals surface area (Å²) in [5, 5.41) is 0. The van der Waals surface area contributed by atoms with Crippen molar-refractivity contribution in [3.63, 3.8) is 0 Å². The summed E-state index contributed by atoms with van der Waals surface area (Å²) in [5.41, 5.74) is 5.99. The van der Waals surface area contributed by atoms with E-state index in [0.29, 0.717) is 6.04 Å². The van der Waals surface area contributed by atoms with Crippen LogP contribution in [0.15, 0.2) is 0 Å². The van der Waals surface area contributed by atoms with Gasteiger partial charge in [-0.2, -0.15) is 0 Å². The first-order valence-corrected chi connectivity index (χ1v) is 6.51. The first-order chi connectivity index (χ1) is 7.29. The Bertz CT molecular complexity index is 195. The summed E-state index contributed by atoms with van der Waals surface area (Å²) in [6.45, 7) is 8.55. The number of nitrogens with two attached hydrogens (primary N) is 1. The van der Waals surface area contributed by atoms with Gasteiger partial charge in [0.15, 0.2) is 0 Å². The van der Waals surface area contributed by atoms with E-state index in [0.717, 1.165) is 6.04 Å². The molecule has 1 saturated heterocycles. The van der Waals surface area contributed by atoms with Crippen LogP contribution in [0, 0.1) is 0 Å². The van der Waals surface area contributed by atoms with Crippen LogP contribution >= 0.6 is 0 Å². The fourth-order valence-corrected chi connectivity index (χ4v) is 3.00. The molecule has 3 nitrogen and oxygen atoms in total. The third-order valence-electron chi connectivity index (χ3n) is 4.03. The second kappa shape index (κ2) is 5.28. The Balaban J connectivity index is 1.83. The van der Waals surface area contributed by atoms with Crippen LogP contribution in [0.5, 0.6) is 0 Å². The minimum Gasteiger partial charge on any atom is -0.328 e. The van der Waals surface area contributed by atoms with E-state index in [9.17, 15) is 0 Å². The fourth-order valence-electron chi connectivity index (χ4n) is 3.00. The third kappa shape index (κ3) is 2.92. The number of likely N-dealkylation sites (N-methyl/N-ethyl adjacent to an activating group) is 1. The molecule has 1 heterocycles. The van der Waals surface area contributed by atoms with Gasteiger partial charge in [-0.1, -0.05) is 6.92 Å². The topological polar surface area (TPSA) is 32.5 Å². The molecule has 0 aromatic heterocycles. The molecule has 0 radical (unpaired) electrons. The Hall–Kier alpha value is -0.120. The number of hydrogen-bond donors (Lipinski definition) is 1. The highest BCUT2D eigenvalue weighted by Gasteiger charge is 2.28. The van der Waals surface area contributed by atoms with Crippen molar-refractivity contribution in [1.82, 2.24) is 9.80 Å². The van der Waals surface area contributed by atoms with E-state index in [1.807, 2.05) is 0 Å². The minimum absolute atomic E-state index is 0.473. The zero-order chi connectivity index (χ0) is 10.7. The van der Waals surface area contributed by atoms with Gasteiger partial charge in [0.1, 0.15) is 0 Å². The Morgan fingerprint density at radius 2 is 2.00 bits per heavy atom. The molecule has 0 aromatic carbocycles. The van der Waals surface area contributed by atoms with E-state index in [-0.39, 0.29) is 0 Å². The Morgan fingerprint density at radius 3 is 2.67 bits per heavy atom. The summed E-state index contributed by atoms with van der Waals surface area (Å²) in [6.07, 6.45) is 5.12. The largest absolute Gasteiger partial charge is 0.328 e. The van der Waals surface area contributed by atoms with Crippen molar-refractivity contribution in [2.24, 2.45) is 5.73 Å². The average Bonchev–Trinajstić information content (AvgIpc) is 2.54. The van der Waals surface area contributed by atoms with Gasteiger partial charge in [-0.3, -0.25) is 4.90 Å². The maximum absolute atomic E-state index is 5.99. The molecule has 2 N–H and O–H groups in total. The maximum atomic E-state index is 5.99. The van der Waals surface area contributed by atoms with Crippen molar-refractivity contribution >= 4 is 0 Å². The normalized spacial score (nSPS) is 35.6. The standard InChI is InChI=1S/C12H25N3/c1-2-14-6-3-7-15(9-8-14)12-5-4-11(13)10-12/h11-12H,2-10,13H2,1H3. The van der Waals surface area contributed by atoms with Crippen molar-refractivity contribution < 1.29 is 0 Å². The van der Waals surface area contributed by atoms with Gasteiger partial charge in [-0.05, 0) is 45.3 Å². The summed E-state index contributed by atoms with van der Waals surface area (Å²) in [5.74, 6) is 0. The number of nitrogens with zero attached hydrogens (tertiary/aromatic N) is 2. The van der Waals surface area contributed by atoms with Crippen LogP contribution in [0.1, 0.15) is 32.6 Å². The smallest absolute Gasteiger partial charge is 0.0112 e. The summed E-state index contributed by atoms with van der Waals surface area (Å²) < 4.78 is 0. The van der Waals surface area contributed by atoms with Crippen molar-refractivity contribution in [1.29, 1.82) is 0 Å². The summed E-state index contributed by atoms with van der Waals surface area (Å²) >= 11 is 0. The molecule has 1 saturated carbocycles. The highest BCUT2D eigenvalue weighted by Crippen LogP contribution is 2.23. The molecule has 2 fully saturated rings. The molecule has 1 aliphatic heterocycles. The molecule has 2 unspecified atom stereocenters. The molecule has 2 rings (SSSR count). The molecule has 2 aliphatic rings. The molecule has 1 aliphatic carbocycles. The molecule has 88 valence electrons. The van der Waals surface area contributed by atoms with Crippen LogP contribution in [-0.2, 0) is 0 Å². The average molecular weight is 211 g/mol. The predicted molar refractivity (Wildman–Crippen MR) is 63.9 cm³/mol. The fraction of sp³-hybridized carbons (Fsp3) is 1.00.